The van der Waals surface area contributed by atoms with E-state index in [1.165, 1.54) is 0 Å². The summed E-state index contributed by atoms with van der Waals surface area (Å²) in [6.07, 6.45) is 2.42. The predicted molar refractivity (Wildman–Crippen MR) is 57.0 cm³/mol. The van der Waals surface area contributed by atoms with Crippen molar-refractivity contribution in [2.45, 2.75) is 26.2 Å². The Balaban J connectivity index is 3.67. The first-order valence-electron chi connectivity index (χ1n) is 5.23. The maximum atomic E-state index is 11.6. The van der Waals surface area contributed by atoms with Gasteiger partial charge in [-0.15, -0.1) is 0 Å². The minimum Gasteiger partial charge on any atom is -0.383 e. The van der Waals surface area contributed by atoms with Crippen molar-refractivity contribution in [2.24, 2.45) is 5.73 Å². The molecule has 0 saturated carbocycles. The minimum absolute atomic E-state index is 0.206. The molecule has 0 aromatic rings. The van der Waals surface area contributed by atoms with Crippen molar-refractivity contribution in [1.29, 1.82) is 0 Å². The Labute approximate surface area is 86.4 Å². The second-order valence-corrected chi connectivity index (χ2v) is 3.21. The van der Waals surface area contributed by atoms with Gasteiger partial charge in [-0.05, 0) is 26.3 Å². The number of carbonyl (C=O) groups is 1. The van der Waals surface area contributed by atoms with Gasteiger partial charge in [0.2, 0.25) is 5.91 Å². The first-order chi connectivity index (χ1) is 6.76. The second-order valence-electron chi connectivity index (χ2n) is 3.21. The Kier molecular flexibility index (Phi) is 8.57. The number of hydrogen-bond donors (Lipinski definition) is 1. The Hall–Kier alpha value is -0.610. The second kappa shape index (κ2) is 8.97. The molecule has 0 spiro atoms. The van der Waals surface area contributed by atoms with Crippen molar-refractivity contribution >= 4 is 5.91 Å². The molecule has 0 unspecified atom stereocenters. The molecule has 0 aliphatic heterocycles. The zero-order valence-electron chi connectivity index (χ0n) is 9.29. The Bertz CT molecular complexity index is 151. The van der Waals surface area contributed by atoms with Gasteiger partial charge < -0.3 is 15.4 Å². The van der Waals surface area contributed by atoms with Crippen molar-refractivity contribution in [3.05, 3.63) is 0 Å². The van der Waals surface area contributed by atoms with Crippen LogP contribution in [0.5, 0.6) is 0 Å². The van der Waals surface area contributed by atoms with Gasteiger partial charge in [-0.25, -0.2) is 0 Å². The molecule has 4 heteroatoms. The lowest BCUT2D eigenvalue weighted by Gasteiger charge is -2.20. The van der Waals surface area contributed by atoms with Gasteiger partial charge in [-0.3, -0.25) is 4.79 Å². The molecule has 0 atom stereocenters. The fraction of sp³-hybridized carbons (Fsp3) is 0.900. The molecule has 4 nitrogen and oxygen atoms in total. The highest BCUT2D eigenvalue weighted by Gasteiger charge is 2.09. The van der Waals surface area contributed by atoms with Crippen LogP contribution in [0.1, 0.15) is 26.2 Å². The largest absolute Gasteiger partial charge is 0.383 e. The van der Waals surface area contributed by atoms with Gasteiger partial charge in [0.25, 0.3) is 0 Å². The Morgan fingerprint density at radius 1 is 1.43 bits per heavy atom. The van der Waals surface area contributed by atoms with E-state index in [0.717, 1.165) is 19.4 Å². The lowest BCUT2D eigenvalue weighted by atomic mass is 10.2. The van der Waals surface area contributed by atoms with Gasteiger partial charge in [0.05, 0.1) is 6.61 Å². The van der Waals surface area contributed by atoms with E-state index in [1.807, 2.05) is 11.8 Å². The van der Waals surface area contributed by atoms with Gasteiger partial charge in [0.1, 0.15) is 0 Å². The maximum Gasteiger partial charge on any atom is 0.222 e. The zero-order chi connectivity index (χ0) is 10.8. The number of likely N-dealkylation sites (N-methyl/N-ethyl adjacent to an activating group) is 1. The van der Waals surface area contributed by atoms with Crippen molar-refractivity contribution in [2.75, 3.05) is 33.4 Å². The summed E-state index contributed by atoms with van der Waals surface area (Å²) < 4.78 is 4.94. The number of rotatable bonds is 8. The van der Waals surface area contributed by atoms with E-state index in [0.29, 0.717) is 26.1 Å². The smallest absolute Gasteiger partial charge is 0.222 e. The molecule has 0 rings (SSSR count). The molecule has 0 aliphatic carbocycles. The third-order valence-corrected chi connectivity index (χ3v) is 2.14. The van der Waals surface area contributed by atoms with E-state index < -0.39 is 0 Å². The number of methoxy groups -OCH3 is 1. The van der Waals surface area contributed by atoms with Gasteiger partial charge in [0.15, 0.2) is 0 Å². The van der Waals surface area contributed by atoms with Crippen LogP contribution in [0.4, 0.5) is 0 Å². The van der Waals surface area contributed by atoms with E-state index >= 15 is 0 Å². The van der Waals surface area contributed by atoms with Crippen LogP contribution in [-0.2, 0) is 9.53 Å². The monoisotopic (exact) mass is 202 g/mol. The van der Waals surface area contributed by atoms with Crippen LogP contribution in [0.3, 0.4) is 0 Å². The average Bonchev–Trinajstić information content (AvgIpc) is 2.19. The SMILES string of the molecule is CCN(CCOC)C(=O)CCCCN. The molecule has 84 valence electrons. The topological polar surface area (TPSA) is 55.6 Å². The van der Waals surface area contributed by atoms with Crippen LogP contribution in [0.2, 0.25) is 0 Å². The third-order valence-electron chi connectivity index (χ3n) is 2.14. The zero-order valence-corrected chi connectivity index (χ0v) is 9.29. The molecule has 0 bridgehead atoms. The van der Waals surface area contributed by atoms with E-state index in [1.54, 1.807) is 7.11 Å². The highest BCUT2D eigenvalue weighted by atomic mass is 16.5. The molecule has 0 heterocycles. The Morgan fingerprint density at radius 3 is 2.64 bits per heavy atom. The van der Waals surface area contributed by atoms with Gasteiger partial charge in [0, 0.05) is 26.6 Å². The van der Waals surface area contributed by atoms with Crippen LogP contribution in [0, 0.1) is 0 Å². The summed E-state index contributed by atoms with van der Waals surface area (Å²) in [4.78, 5) is 13.4. The Morgan fingerprint density at radius 2 is 2.14 bits per heavy atom. The highest BCUT2D eigenvalue weighted by Crippen LogP contribution is 2.00. The lowest BCUT2D eigenvalue weighted by Crippen LogP contribution is -2.33. The molecule has 0 aromatic carbocycles. The van der Waals surface area contributed by atoms with Crippen LogP contribution in [-0.4, -0.2) is 44.2 Å². The van der Waals surface area contributed by atoms with Crippen molar-refractivity contribution in [3.63, 3.8) is 0 Å². The highest BCUT2D eigenvalue weighted by molar-refractivity contribution is 5.76. The predicted octanol–water partition coefficient (Wildman–Crippen LogP) is 0.610. The summed E-state index contributed by atoms with van der Waals surface area (Å²) in [5, 5.41) is 0. The maximum absolute atomic E-state index is 11.6. The van der Waals surface area contributed by atoms with Crippen molar-refractivity contribution in [1.82, 2.24) is 4.90 Å². The average molecular weight is 202 g/mol. The van der Waals surface area contributed by atoms with Crippen LogP contribution in [0.15, 0.2) is 0 Å². The summed E-state index contributed by atoms with van der Waals surface area (Å²) in [5.41, 5.74) is 5.36. The standard InChI is InChI=1S/C10H22N2O2/c1-3-12(8-9-14-2)10(13)6-4-5-7-11/h3-9,11H2,1-2H3. The number of ether oxygens (including phenoxy) is 1. The first kappa shape index (κ1) is 13.4. The lowest BCUT2D eigenvalue weighted by molar-refractivity contribution is -0.131. The first-order valence-corrected chi connectivity index (χ1v) is 5.23. The van der Waals surface area contributed by atoms with E-state index in [9.17, 15) is 4.79 Å². The van der Waals surface area contributed by atoms with Crippen LogP contribution in [0.25, 0.3) is 0 Å². The van der Waals surface area contributed by atoms with Gasteiger partial charge >= 0.3 is 0 Å². The van der Waals surface area contributed by atoms with Crippen molar-refractivity contribution in [3.8, 4) is 0 Å². The molecule has 14 heavy (non-hydrogen) atoms. The number of nitrogens with two attached hydrogens (primary N) is 1. The summed E-state index contributed by atoms with van der Waals surface area (Å²) in [6, 6.07) is 0. The van der Waals surface area contributed by atoms with Crippen LogP contribution >= 0.6 is 0 Å². The molecular formula is C10H22N2O2. The molecule has 0 aliphatic rings. The van der Waals surface area contributed by atoms with E-state index in [4.69, 9.17) is 10.5 Å². The fourth-order valence-corrected chi connectivity index (χ4v) is 1.24. The molecule has 2 N–H and O–H groups in total. The third kappa shape index (κ3) is 5.94. The quantitative estimate of drug-likeness (QED) is 0.587. The molecule has 1 amide bonds. The van der Waals surface area contributed by atoms with Gasteiger partial charge in [-0.1, -0.05) is 0 Å². The van der Waals surface area contributed by atoms with Gasteiger partial charge in [-0.2, -0.15) is 0 Å². The van der Waals surface area contributed by atoms with Crippen LogP contribution < -0.4 is 5.73 Å². The van der Waals surface area contributed by atoms with E-state index in [-0.39, 0.29) is 5.91 Å². The molecule has 0 aromatic heterocycles. The normalized spacial score (nSPS) is 10.2. The number of hydrogen-bond acceptors (Lipinski definition) is 3. The molecule has 0 saturated heterocycles. The summed E-state index contributed by atoms with van der Waals surface area (Å²) in [5.74, 6) is 0.206. The fourth-order valence-electron chi connectivity index (χ4n) is 1.24. The summed E-state index contributed by atoms with van der Waals surface area (Å²) in [7, 11) is 1.65. The molecular weight excluding hydrogens is 180 g/mol. The molecule has 0 fully saturated rings. The number of carbonyl (C=O) groups excluding carboxylic acids is 1. The molecule has 0 radical (unpaired) electrons. The number of amides is 1. The summed E-state index contributed by atoms with van der Waals surface area (Å²) >= 11 is 0. The number of nitrogens with zero attached hydrogens (tertiary/aromatic N) is 1. The number of unbranched alkanes of at least 4 members (excludes halogenated alkanes) is 1. The minimum atomic E-state index is 0.206. The summed E-state index contributed by atoms with van der Waals surface area (Å²) in [6.45, 7) is 4.70. The van der Waals surface area contributed by atoms with E-state index in [2.05, 4.69) is 0 Å². The van der Waals surface area contributed by atoms with Crippen molar-refractivity contribution < 1.29 is 9.53 Å².